The highest BCUT2D eigenvalue weighted by molar-refractivity contribution is 5.96. The lowest BCUT2D eigenvalue weighted by Crippen LogP contribution is -2.54. The second-order valence-electron chi connectivity index (χ2n) is 7.40. The number of benzene rings is 1. The molecule has 3 aliphatic rings. The molecule has 8 heteroatoms. The smallest absolute Gasteiger partial charge is 0.325 e. The van der Waals surface area contributed by atoms with Crippen molar-refractivity contribution in [3.63, 3.8) is 0 Å². The molecule has 1 atom stereocenters. The van der Waals surface area contributed by atoms with E-state index in [0.29, 0.717) is 45.9 Å². The molecule has 4 rings (SSSR count). The molecule has 3 saturated heterocycles. The summed E-state index contributed by atoms with van der Waals surface area (Å²) in [6.45, 7) is 3.91. The van der Waals surface area contributed by atoms with E-state index < -0.39 is 0 Å². The van der Waals surface area contributed by atoms with E-state index in [9.17, 15) is 14.4 Å². The lowest BCUT2D eigenvalue weighted by atomic mass is 10.2. The number of urea groups is 1. The average molecular weight is 386 g/mol. The molecule has 0 aromatic heterocycles. The summed E-state index contributed by atoms with van der Waals surface area (Å²) < 4.78 is 5.47. The molecule has 0 unspecified atom stereocenters. The van der Waals surface area contributed by atoms with Gasteiger partial charge in [-0.15, -0.1) is 0 Å². The van der Waals surface area contributed by atoms with Gasteiger partial charge in [0.2, 0.25) is 5.91 Å². The first-order valence-corrected chi connectivity index (χ1v) is 9.93. The van der Waals surface area contributed by atoms with E-state index >= 15 is 0 Å². The van der Waals surface area contributed by atoms with Crippen molar-refractivity contribution in [1.29, 1.82) is 0 Å². The molecule has 0 saturated carbocycles. The summed E-state index contributed by atoms with van der Waals surface area (Å²) >= 11 is 0. The third-order valence-corrected chi connectivity index (χ3v) is 5.64. The molecule has 0 radical (unpaired) electrons. The second kappa shape index (κ2) is 8.18. The van der Waals surface area contributed by atoms with Crippen LogP contribution in [0.5, 0.6) is 0 Å². The van der Waals surface area contributed by atoms with Gasteiger partial charge in [0.1, 0.15) is 12.6 Å². The van der Waals surface area contributed by atoms with Gasteiger partial charge in [0, 0.05) is 51.6 Å². The highest BCUT2D eigenvalue weighted by atomic mass is 16.5. The van der Waals surface area contributed by atoms with Crippen molar-refractivity contribution in [1.82, 2.24) is 14.7 Å². The zero-order valence-electron chi connectivity index (χ0n) is 16.0. The summed E-state index contributed by atoms with van der Waals surface area (Å²) in [7, 11) is 0. The molecule has 0 aliphatic carbocycles. The predicted molar refractivity (Wildman–Crippen MR) is 103 cm³/mol. The molecule has 0 spiro atoms. The summed E-state index contributed by atoms with van der Waals surface area (Å²) in [6, 6.07) is 9.36. The largest absolute Gasteiger partial charge is 0.368 e. The zero-order valence-corrected chi connectivity index (χ0v) is 16.0. The molecule has 3 aliphatic heterocycles. The SMILES string of the molecule is O=C(CN1CCN(c2ccccc2)C1=O)N1CCN(C(=O)[C@@H]2CCCO2)CC1. The van der Waals surface area contributed by atoms with Gasteiger partial charge < -0.3 is 19.4 Å². The Kier molecular flexibility index (Phi) is 5.47. The number of amides is 4. The van der Waals surface area contributed by atoms with Gasteiger partial charge in [-0.3, -0.25) is 14.5 Å². The summed E-state index contributed by atoms with van der Waals surface area (Å²) in [5.74, 6) is -0.0229. The van der Waals surface area contributed by atoms with Crippen molar-refractivity contribution in [2.45, 2.75) is 18.9 Å². The van der Waals surface area contributed by atoms with Crippen molar-refractivity contribution in [3.8, 4) is 0 Å². The number of rotatable bonds is 4. The van der Waals surface area contributed by atoms with Crippen molar-refractivity contribution in [2.75, 3.05) is 57.3 Å². The molecule has 28 heavy (non-hydrogen) atoms. The first-order chi connectivity index (χ1) is 13.6. The Hall–Kier alpha value is -2.61. The highest BCUT2D eigenvalue weighted by Gasteiger charge is 2.34. The van der Waals surface area contributed by atoms with Crippen molar-refractivity contribution in [3.05, 3.63) is 30.3 Å². The minimum atomic E-state index is -0.312. The highest BCUT2D eigenvalue weighted by Crippen LogP contribution is 2.20. The number of nitrogens with zero attached hydrogens (tertiary/aromatic N) is 4. The Morgan fingerprint density at radius 2 is 1.68 bits per heavy atom. The van der Waals surface area contributed by atoms with E-state index in [-0.39, 0.29) is 30.5 Å². The summed E-state index contributed by atoms with van der Waals surface area (Å²) in [4.78, 5) is 44.5. The standard InChI is InChI=1S/C20H26N4O4/c25-18(15-23-12-13-24(20(23)27)16-5-2-1-3-6-16)21-8-10-22(11-9-21)19(26)17-7-4-14-28-17/h1-3,5-6,17H,4,7-15H2/t17-/m0/s1. The van der Waals surface area contributed by atoms with Crippen LogP contribution < -0.4 is 4.90 Å². The Balaban J connectivity index is 1.27. The van der Waals surface area contributed by atoms with E-state index in [2.05, 4.69) is 0 Å². The minimum Gasteiger partial charge on any atom is -0.368 e. The van der Waals surface area contributed by atoms with Crippen LogP contribution in [0.1, 0.15) is 12.8 Å². The van der Waals surface area contributed by atoms with Crippen LogP contribution in [0.2, 0.25) is 0 Å². The fraction of sp³-hybridized carbons (Fsp3) is 0.550. The maximum atomic E-state index is 12.7. The summed E-state index contributed by atoms with van der Waals surface area (Å²) in [5, 5.41) is 0. The van der Waals surface area contributed by atoms with Crippen LogP contribution in [0.15, 0.2) is 30.3 Å². The van der Waals surface area contributed by atoms with Gasteiger partial charge in [-0.2, -0.15) is 0 Å². The number of ether oxygens (including phenoxy) is 1. The number of hydrogen-bond acceptors (Lipinski definition) is 4. The number of carbonyl (C=O) groups is 3. The molecular weight excluding hydrogens is 360 g/mol. The molecule has 3 heterocycles. The van der Waals surface area contributed by atoms with Crippen LogP contribution in [0.3, 0.4) is 0 Å². The first kappa shape index (κ1) is 18.7. The quantitative estimate of drug-likeness (QED) is 0.767. The third kappa shape index (κ3) is 3.82. The predicted octanol–water partition coefficient (Wildman–Crippen LogP) is 0.778. The van der Waals surface area contributed by atoms with Crippen molar-refractivity contribution < 1.29 is 19.1 Å². The van der Waals surface area contributed by atoms with Crippen LogP contribution >= 0.6 is 0 Å². The van der Waals surface area contributed by atoms with Crippen LogP contribution in [0.25, 0.3) is 0 Å². The zero-order chi connectivity index (χ0) is 19.5. The Labute approximate surface area is 164 Å². The number of carbonyl (C=O) groups excluding carboxylic acids is 3. The minimum absolute atomic E-state index is 0.0397. The van der Waals surface area contributed by atoms with E-state index in [1.54, 1.807) is 19.6 Å². The molecule has 3 fully saturated rings. The average Bonchev–Trinajstić information content (AvgIpc) is 3.39. The van der Waals surface area contributed by atoms with Crippen LogP contribution in [-0.2, 0) is 14.3 Å². The van der Waals surface area contributed by atoms with Gasteiger partial charge >= 0.3 is 6.03 Å². The molecule has 150 valence electrons. The van der Waals surface area contributed by atoms with E-state index in [0.717, 1.165) is 18.5 Å². The lowest BCUT2D eigenvalue weighted by molar-refractivity contribution is -0.146. The number of para-hydroxylation sites is 1. The van der Waals surface area contributed by atoms with Crippen molar-refractivity contribution >= 4 is 23.5 Å². The van der Waals surface area contributed by atoms with Crippen molar-refractivity contribution in [2.24, 2.45) is 0 Å². The van der Waals surface area contributed by atoms with Gasteiger partial charge in [-0.25, -0.2) is 4.79 Å². The molecule has 1 aromatic rings. The van der Waals surface area contributed by atoms with Crippen LogP contribution in [0, 0.1) is 0 Å². The molecular formula is C20H26N4O4. The van der Waals surface area contributed by atoms with E-state index in [1.165, 1.54) is 0 Å². The van der Waals surface area contributed by atoms with E-state index in [1.807, 2.05) is 30.3 Å². The molecule has 4 amide bonds. The molecule has 0 bridgehead atoms. The van der Waals surface area contributed by atoms with Gasteiger partial charge in [-0.05, 0) is 25.0 Å². The fourth-order valence-electron chi connectivity index (χ4n) is 3.99. The normalized spacial score (nSPS) is 22.9. The molecule has 8 nitrogen and oxygen atoms in total. The summed E-state index contributed by atoms with van der Waals surface area (Å²) in [5.41, 5.74) is 0.851. The van der Waals surface area contributed by atoms with Gasteiger partial charge in [0.05, 0.1) is 0 Å². The van der Waals surface area contributed by atoms with Gasteiger partial charge in [-0.1, -0.05) is 18.2 Å². The first-order valence-electron chi connectivity index (χ1n) is 9.93. The maximum absolute atomic E-state index is 12.7. The topological polar surface area (TPSA) is 73.4 Å². The summed E-state index contributed by atoms with van der Waals surface area (Å²) in [6.07, 6.45) is 1.40. The van der Waals surface area contributed by atoms with Gasteiger partial charge in [0.15, 0.2) is 0 Å². The third-order valence-electron chi connectivity index (χ3n) is 5.64. The van der Waals surface area contributed by atoms with E-state index in [4.69, 9.17) is 4.74 Å². The molecule has 0 N–H and O–H groups in total. The Morgan fingerprint density at radius 3 is 2.36 bits per heavy atom. The van der Waals surface area contributed by atoms with Crippen LogP contribution in [-0.4, -0.2) is 91.1 Å². The van der Waals surface area contributed by atoms with Gasteiger partial charge in [0.25, 0.3) is 5.91 Å². The Bertz CT molecular complexity index is 727. The number of piperazine rings is 1. The second-order valence-corrected chi connectivity index (χ2v) is 7.40. The lowest BCUT2D eigenvalue weighted by Gasteiger charge is -2.36. The molecule has 1 aromatic carbocycles. The monoisotopic (exact) mass is 386 g/mol. The number of hydrogen-bond donors (Lipinski definition) is 0. The number of anilines is 1. The van der Waals surface area contributed by atoms with Crippen LogP contribution in [0.4, 0.5) is 10.5 Å². The Morgan fingerprint density at radius 1 is 0.964 bits per heavy atom. The fourth-order valence-corrected chi connectivity index (χ4v) is 3.99. The maximum Gasteiger partial charge on any atom is 0.325 e.